The zero-order valence-corrected chi connectivity index (χ0v) is 11.6. The van der Waals surface area contributed by atoms with Gasteiger partial charge in [0, 0.05) is 6.08 Å². The molecule has 2 heterocycles. The number of nitrogens with one attached hydrogen (secondary N) is 2. The highest BCUT2D eigenvalue weighted by molar-refractivity contribution is 7.87. The molecule has 0 radical (unpaired) electrons. The summed E-state index contributed by atoms with van der Waals surface area (Å²) in [5, 5.41) is 0. The van der Waals surface area contributed by atoms with Crippen LogP contribution >= 0.6 is 0 Å². The lowest BCUT2D eigenvalue weighted by Gasteiger charge is -2.39. The van der Waals surface area contributed by atoms with Crippen LogP contribution in [0.15, 0.2) is 42.5 Å². The molecule has 0 spiro atoms. The summed E-state index contributed by atoms with van der Waals surface area (Å²) in [7, 11) is -3.86. The van der Waals surface area contributed by atoms with Crippen molar-refractivity contribution in [2.24, 2.45) is 0 Å². The second kappa shape index (κ2) is 5.21. The first kappa shape index (κ1) is 14.2. The van der Waals surface area contributed by atoms with E-state index in [1.54, 1.807) is 30.3 Å². The highest BCUT2D eigenvalue weighted by Gasteiger charge is 2.46. The van der Waals surface area contributed by atoms with E-state index in [1.165, 1.54) is 6.08 Å². The number of ether oxygens (including phenoxy) is 1. The van der Waals surface area contributed by atoms with Crippen molar-refractivity contribution in [2.45, 2.75) is 24.4 Å². The smallest absolute Gasteiger partial charge is 0.330 e. The molecule has 1 aromatic carbocycles. The van der Waals surface area contributed by atoms with Crippen LogP contribution in [0.5, 0.6) is 0 Å². The first-order valence-corrected chi connectivity index (χ1v) is 7.82. The molecule has 0 bridgehead atoms. The van der Waals surface area contributed by atoms with Crippen molar-refractivity contribution in [3.8, 4) is 0 Å². The van der Waals surface area contributed by atoms with E-state index in [0.717, 1.165) is 6.08 Å². The van der Waals surface area contributed by atoms with Crippen molar-refractivity contribution in [1.29, 1.82) is 0 Å². The minimum absolute atomic E-state index is 0.316. The van der Waals surface area contributed by atoms with Crippen molar-refractivity contribution in [1.82, 2.24) is 9.44 Å². The lowest BCUT2D eigenvalue weighted by molar-refractivity contribution is -0.148. The van der Waals surface area contributed by atoms with Crippen molar-refractivity contribution < 1.29 is 22.3 Å². The number of carbonyl (C=O) groups is 1. The van der Waals surface area contributed by atoms with E-state index in [4.69, 9.17) is 4.74 Å². The highest BCUT2D eigenvalue weighted by atomic mass is 32.2. The van der Waals surface area contributed by atoms with Crippen molar-refractivity contribution in [2.75, 3.05) is 0 Å². The fourth-order valence-electron chi connectivity index (χ4n) is 2.47. The minimum Gasteiger partial charge on any atom is -0.455 e. The van der Waals surface area contributed by atoms with Crippen molar-refractivity contribution in [3.63, 3.8) is 0 Å². The third-order valence-electron chi connectivity index (χ3n) is 3.42. The first-order chi connectivity index (χ1) is 9.96. The van der Waals surface area contributed by atoms with Gasteiger partial charge in [-0.1, -0.05) is 36.4 Å². The zero-order valence-electron chi connectivity index (χ0n) is 10.8. The van der Waals surface area contributed by atoms with Gasteiger partial charge in [0.05, 0.1) is 12.1 Å². The fourth-order valence-corrected chi connectivity index (χ4v) is 3.72. The third-order valence-corrected chi connectivity index (χ3v) is 4.58. The first-order valence-electron chi connectivity index (χ1n) is 6.34. The zero-order chi connectivity index (χ0) is 15.0. The highest BCUT2D eigenvalue weighted by Crippen LogP contribution is 2.30. The Hall–Kier alpha value is -1.77. The molecule has 0 aromatic heterocycles. The van der Waals surface area contributed by atoms with Gasteiger partial charge < -0.3 is 4.74 Å². The summed E-state index contributed by atoms with van der Waals surface area (Å²) >= 11 is 0. The molecule has 112 valence electrons. The number of hydrogen-bond acceptors (Lipinski definition) is 4. The molecule has 3 rings (SSSR count). The maximum atomic E-state index is 14.7. The Labute approximate surface area is 121 Å². The quantitative estimate of drug-likeness (QED) is 0.772. The number of carbonyl (C=O) groups excluding carboxylic acids is 1. The van der Waals surface area contributed by atoms with Gasteiger partial charge in [0.25, 0.3) is 10.2 Å². The van der Waals surface area contributed by atoms with Crippen LogP contribution in [0.2, 0.25) is 0 Å². The van der Waals surface area contributed by atoms with E-state index < -0.39 is 40.5 Å². The Morgan fingerprint density at radius 2 is 1.90 bits per heavy atom. The van der Waals surface area contributed by atoms with Crippen LogP contribution in [0, 0.1) is 0 Å². The van der Waals surface area contributed by atoms with Crippen LogP contribution in [0.4, 0.5) is 4.39 Å². The summed E-state index contributed by atoms with van der Waals surface area (Å²) in [6.07, 6.45) is -0.0716. The van der Waals surface area contributed by atoms with Gasteiger partial charge >= 0.3 is 5.97 Å². The lowest BCUT2D eigenvalue weighted by Crippen LogP contribution is -2.65. The van der Waals surface area contributed by atoms with Crippen LogP contribution in [-0.4, -0.2) is 32.6 Å². The van der Waals surface area contributed by atoms with Crippen LogP contribution < -0.4 is 9.44 Å². The SMILES string of the molecule is O=C1C=CC2NS(=O)(=O)NC(C(F)c3ccccc3)C2O1. The van der Waals surface area contributed by atoms with Gasteiger partial charge in [0.2, 0.25) is 0 Å². The molecule has 2 aliphatic rings. The average molecular weight is 312 g/mol. The summed E-state index contributed by atoms with van der Waals surface area (Å²) in [5.74, 6) is -0.621. The van der Waals surface area contributed by atoms with Gasteiger partial charge in [-0.2, -0.15) is 17.9 Å². The molecule has 6 nitrogen and oxygen atoms in total. The molecule has 0 aliphatic carbocycles. The molecule has 1 fully saturated rings. The van der Waals surface area contributed by atoms with Crippen molar-refractivity contribution in [3.05, 3.63) is 48.0 Å². The third kappa shape index (κ3) is 2.82. The molecule has 21 heavy (non-hydrogen) atoms. The molecule has 4 atom stereocenters. The second-order valence-corrected chi connectivity index (χ2v) is 6.34. The monoisotopic (exact) mass is 312 g/mol. The number of hydrogen-bond donors (Lipinski definition) is 2. The van der Waals surface area contributed by atoms with Gasteiger partial charge in [-0.3, -0.25) is 0 Å². The molecule has 4 unspecified atom stereocenters. The molecule has 0 saturated carbocycles. The molecular formula is C13H13FN2O4S. The van der Waals surface area contributed by atoms with Gasteiger partial charge in [0.15, 0.2) is 0 Å². The van der Waals surface area contributed by atoms with Crippen LogP contribution in [-0.2, 0) is 19.7 Å². The molecule has 8 heteroatoms. The molecule has 2 N–H and O–H groups in total. The number of rotatable bonds is 2. The number of fused-ring (bicyclic) bond motifs is 1. The predicted octanol–water partition coefficient (Wildman–Crippen LogP) is 0.354. The minimum atomic E-state index is -3.86. The Bertz CT molecular complexity index is 677. The van der Waals surface area contributed by atoms with E-state index in [1.807, 2.05) is 0 Å². The van der Waals surface area contributed by atoms with Crippen LogP contribution in [0.3, 0.4) is 0 Å². The molecule has 2 aliphatic heterocycles. The largest absolute Gasteiger partial charge is 0.455 e. The molecular weight excluding hydrogens is 299 g/mol. The summed E-state index contributed by atoms with van der Waals surface area (Å²) in [6, 6.07) is 6.18. The average Bonchev–Trinajstić information content (AvgIpc) is 2.46. The van der Waals surface area contributed by atoms with Gasteiger partial charge in [-0.15, -0.1) is 0 Å². The van der Waals surface area contributed by atoms with E-state index in [-0.39, 0.29) is 0 Å². The normalized spacial score (nSPS) is 32.0. The van der Waals surface area contributed by atoms with Crippen LogP contribution in [0.1, 0.15) is 11.7 Å². The summed E-state index contributed by atoms with van der Waals surface area (Å²) in [5.41, 5.74) is 0.316. The number of alkyl halides is 1. The molecule has 1 saturated heterocycles. The van der Waals surface area contributed by atoms with Gasteiger partial charge in [-0.05, 0) is 5.56 Å². The lowest BCUT2D eigenvalue weighted by atomic mass is 9.94. The van der Waals surface area contributed by atoms with E-state index in [2.05, 4.69) is 9.44 Å². The Morgan fingerprint density at radius 3 is 2.62 bits per heavy atom. The maximum absolute atomic E-state index is 14.7. The second-order valence-electron chi connectivity index (χ2n) is 4.86. The summed E-state index contributed by atoms with van der Waals surface area (Å²) in [6.45, 7) is 0. The van der Waals surface area contributed by atoms with E-state index in [9.17, 15) is 17.6 Å². The van der Waals surface area contributed by atoms with Crippen molar-refractivity contribution >= 4 is 16.2 Å². The molecule has 0 amide bonds. The molecule has 1 aromatic rings. The predicted molar refractivity (Wildman–Crippen MR) is 72.1 cm³/mol. The number of esters is 1. The van der Waals surface area contributed by atoms with Gasteiger partial charge in [0.1, 0.15) is 12.3 Å². The number of benzene rings is 1. The summed E-state index contributed by atoms with van der Waals surface area (Å²) < 4.78 is 47.8. The Balaban J connectivity index is 1.95. The van der Waals surface area contributed by atoms with Crippen LogP contribution in [0.25, 0.3) is 0 Å². The van der Waals surface area contributed by atoms with E-state index in [0.29, 0.717) is 5.56 Å². The summed E-state index contributed by atoms with van der Waals surface area (Å²) in [4.78, 5) is 11.3. The van der Waals surface area contributed by atoms with Gasteiger partial charge in [-0.25, -0.2) is 9.18 Å². The standard InChI is InChI=1S/C13H13FN2O4S/c14-11(8-4-2-1-3-5-8)12-13-9(6-7-10(17)20-13)15-21(18,19)16-12/h1-7,9,11-13,15-16H. The van der Waals surface area contributed by atoms with E-state index >= 15 is 0 Å². The maximum Gasteiger partial charge on any atom is 0.330 e. The topological polar surface area (TPSA) is 84.5 Å². The Kier molecular flexibility index (Phi) is 3.52. The fraction of sp³-hybridized carbons (Fsp3) is 0.308. The number of halogens is 1. The Morgan fingerprint density at radius 1 is 1.19 bits per heavy atom.